The third kappa shape index (κ3) is 62.2. The van der Waals surface area contributed by atoms with Gasteiger partial charge in [-0.2, -0.15) is 0 Å². The maximum Gasteiger partial charge on any atom is 0.333 e. The van der Waals surface area contributed by atoms with Crippen LogP contribution in [0, 0.1) is 0 Å². The van der Waals surface area contributed by atoms with Crippen molar-refractivity contribution in [2.45, 2.75) is 270 Å². The number of hydrogen-bond acceptors (Lipinski definition) is 24. The molecule has 0 aromatic rings. The highest BCUT2D eigenvalue weighted by Crippen LogP contribution is 2.13. The molecule has 0 radical (unpaired) electrons. The molecule has 0 unspecified atom stereocenters. The molecule has 0 spiro atoms. The van der Waals surface area contributed by atoms with E-state index in [4.69, 9.17) is 52.1 Å². The Balaban J connectivity index is 3.52. The number of unbranched alkanes of at least 4 members (excludes halogenated alkanes) is 20. The Hall–Kier alpha value is -6.62. The number of rotatable bonds is 64. The van der Waals surface area contributed by atoms with E-state index in [2.05, 4.69) is 11.3 Å². The molecule has 92 heavy (non-hydrogen) atoms. The smallest absolute Gasteiger partial charge is 0.333 e. The van der Waals surface area contributed by atoms with E-state index >= 15 is 0 Å². The Morgan fingerprint density at radius 1 is 0.196 bits per heavy atom. The first kappa shape index (κ1) is 85.4. The average molecular weight is 1310 g/mol. The summed E-state index contributed by atoms with van der Waals surface area (Å²) in [6, 6.07) is 0. The van der Waals surface area contributed by atoms with E-state index in [9.17, 15) is 57.5 Å². The van der Waals surface area contributed by atoms with Crippen molar-refractivity contribution in [2.24, 2.45) is 0 Å². The Morgan fingerprint density at radius 3 is 0.500 bits per heavy atom. The molecular weight excluding hydrogens is 1200 g/mol. The Morgan fingerprint density at radius 2 is 0.348 bits per heavy atom. The maximum absolute atomic E-state index is 12.1. The van der Waals surface area contributed by atoms with Crippen LogP contribution in [0.15, 0.2) is 12.2 Å². The van der Waals surface area contributed by atoms with E-state index in [1.54, 1.807) is 0 Å². The highest BCUT2D eigenvalue weighted by molar-refractivity contribution is 5.87. The molecule has 0 aromatic carbocycles. The summed E-state index contributed by atoms with van der Waals surface area (Å²) in [6.07, 6.45) is 22.9. The van der Waals surface area contributed by atoms with Gasteiger partial charge in [0, 0.05) is 69.8 Å². The lowest BCUT2D eigenvalue weighted by molar-refractivity contribution is -0.148. The second kappa shape index (κ2) is 63.2. The van der Waals surface area contributed by atoms with Crippen molar-refractivity contribution in [1.29, 1.82) is 0 Å². The van der Waals surface area contributed by atoms with Gasteiger partial charge in [-0.25, -0.2) is 4.79 Å². The predicted molar refractivity (Wildman–Crippen MR) is 337 cm³/mol. The monoisotopic (exact) mass is 1310 g/mol. The first-order valence-electron chi connectivity index (χ1n) is 34.0. The zero-order valence-electron chi connectivity index (χ0n) is 55.8. The van der Waals surface area contributed by atoms with Crippen molar-refractivity contribution in [2.75, 3.05) is 79.8 Å². The van der Waals surface area contributed by atoms with Crippen molar-refractivity contribution in [1.82, 2.24) is 0 Å². The van der Waals surface area contributed by atoms with Gasteiger partial charge in [-0.1, -0.05) is 6.58 Å². The summed E-state index contributed by atoms with van der Waals surface area (Å²) >= 11 is 0. The SMILES string of the molecule is C=C(C)C(=O)OCCC(=O)OCCCCCC(=O)OCCCCCC(=O)OCCCCCC(=O)OCCCCCC(=O)OCCCCCC(=O)OCCCCCC(=O)OCCCCCC(=O)OCCCCCC(=O)OCCCCCC(=O)OCCCCCC(=O)OC. The molecule has 0 bridgehead atoms. The van der Waals surface area contributed by atoms with Gasteiger partial charge in [0.15, 0.2) is 0 Å². The second-order valence-corrected chi connectivity index (χ2v) is 22.6. The standard InChI is InChI=1S/C68H112O24/c1-56(2)68(80)92-55-44-67(79)91-54-33-13-23-43-66(78)90-53-32-12-22-42-65(77)89-52-31-11-21-41-64(76)88-51-30-10-20-40-63(75)87-50-29-9-19-39-62(74)86-49-28-8-18-38-61(73)85-48-27-7-17-37-60(72)84-47-26-6-16-36-59(71)83-46-25-5-15-35-58(70)82-45-24-4-14-34-57(69)81-3/h1,4-55H2,2-3H3. The highest BCUT2D eigenvalue weighted by atomic mass is 16.6. The molecule has 0 saturated heterocycles. The highest BCUT2D eigenvalue weighted by Gasteiger charge is 2.13. The third-order valence-electron chi connectivity index (χ3n) is 14.0. The Bertz CT molecular complexity index is 2050. The lowest BCUT2D eigenvalue weighted by Crippen LogP contribution is -2.12. The average Bonchev–Trinajstić information content (AvgIpc) is 3.57. The number of methoxy groups -OCH3 is 1. The van der Waals surface area contributed by atoms with Crippen molar-refractivity contribution >= 4 is 71.6 Å². The molecule has 0 heterocycles. The van der Waals surface area contributed by atoms with Crippen molar-refractivity contribution < 1.29 is 114 Å². The quantitative estimate of drug-likeness (QED) is 0.0236. The molecule has 0 aliphatic carbocycles. The zero-order valence-corrected chi connectivity index (χ0v) is 55.8. The maximum atomic E-state index is 12.1. The van der Waals surface area contributed by atoms with Crippen LogP contribution in [0.25, 0.3) is 0 Å². The molecule has 0 aliphatic rings. The van der Waals surface area contributed by atoms with Crippen LogP contribution >= 0.6 is 0 Å². The van der Waals surface area contributed by atoms with E-state index in [1.807, 2.05) is 0 Å². The number of carbonyl (C=O) groups excluding carboxylic acids is 12. The predicted octanol–water partition coefficient (Wildman–Crippen LogP) is 11.7. The molecule has 0 aromatic heterocycles. The van der Waals surface area contributed by atoms with Crippen LogP contribution in [0.3, 0.4) is 0 Å². The summed E-state index contributed by atoms with van der Waals surface area (Å²) in [6.45, 7) is 7.74. The molecule has 0 N–H and O–H groups in total. The molecule has 24 nitrogen and oxygen atoms in total. The zero-order chi connectivity index (χ0) is 67.8. The lowest BCUT2D eigenvalue weighted by Gasteiger charge is -2.07. The van der Waals surface area contributed by atoms with Crippen LogP contribution in [0.4, 0.5) is 0 Å². The van der Waals surface area contributed by atoms with Gasteiger partial charge in [0.25, 0.3) is 0 Å². The molecule has 0 amide bonds. The largest absolute Gasteiger partial charge is 0.469 e. The van der Waals surface area contributed by atoms with Gasteiger partial charge < -0.3 is 56.8 Å². The molecular formula is C68H112O24. The van der Waals surface area contributed by atoms with Crippen LogP contribution in [-0.4, -0.2) is 151 Å². The first-order chi connectivity index (χ1) is 44.5. The van der Waals surface area contributed by atoms with Gasteiger partial charge in [0.1, 0.15) is 6.61 Å². The number of ether oxygens (including phenoxy) is 12. The summed E-state index contributed by atoms with van der Waals surface area (Å²) in [4.78, 5) is 142. The van der Waals surface area contributed by atoms with Gasteiger partial charge in [0.05, 0.1) is 79.6 Å². The van der Waals surface area contributed by atoms with E-state index < -0.39 is 11.9 Å². The second-order valence-electron chi connectivity index (χ2n) is 22.6. The van der Waals surface area contributed by atoms with Crippen LogP contribution < -0.4 is 0 Å². The van der Waals surface area contributed by atoms with Gasteiger partial charge in [0.2, 0.25) is 0 Å². The van der Waals surface area contributed by atoms with Crippen LogP contribution in [0.2, 0.25) is 0 Å². The summed E-state index contributed by atoms with van der Waals surface area (Å²) in [5.74, 6) is -3.79. The minimum Gasteiger partial charge on any atom is -0.469 e. The van der Waals surface area contributed by atoms with Crippen LogP contribution in [-0.2, 0) is 114 Å². The van der Waals surface area contributed by atoms with Gasteiger partial charge in [-0.15, -0.1) is 0 Å². The minimum atomic E-state index is -0.552. The molecule has 0 aliphatic heterocycles. The molecule has 24 heteroatoms. The number of carbonyl (C=O) groups is 12. The number of esters is 12. The normalized spacial score (nSPS) is 10.7. The van der Waals surface area contributed by atoms with Crippen molar-refractivity contribution in [3.63, 3.8) is 0 Å². The van der Waals surface area contributed by atoms with Gasteiger partial charge in [-0.3, -0.25) is 52.7 Å². The fourth-order valence-electron chi connectivity index (χ4n) is 8.52. The number of hydrogen-bond donors (Lipinski definition) is 0. The Labute approximate surface area is 546 Å². The summed E-state index contributed by atoms with van der Waals surface area (Å²) in [5.41, 5.74) is 0.259. The van der Waals surface area contributed by atoms with E-state index in [0.29, 0.717) is 199 Å². The van der Waals surface area contributed by atoms with Crippen LogP contribution in [0.5, 0.6) is 0 Å². The Kier molecular flexibility index (Phi) is 58.6. The molecule has 0 fully saturated rings. The third-order valence-corrected chi connectivity index (χ3v) is 14.0. The molecule has 528 valence electrons. The topological polar surface area (TPSA) is 316 Å². The van der Waals surface area contributed by atoms with Gasteiger partial charge >= 0.3 is 71.6 Å². The first-order valence-corrected chi connectivity index (χ1v) is 34.0. The van der Waals surface area contributed by atoms with Crippen LogP contribution in [0.1, 0.15) is 270 Å². The summed E-state index contributed by atoms with van der Waals surface area (Å²) < 4.78 is 62.0. The lowest BCUT2D eigenvalue weighted by atomic mass is 10.2. The molecule has 0 saturated carbocycles. The van der Waals surface area contributed by atoms with Gasteiger partial charge in [-0.05, 0) is 200 Å². The fourth-order valence-corrected chi connectivity index (χ4v) is 8.52. The molecule has 0 rings (SSSR count). The van der Waals surface area contributed by atoms with Crippen molar-refractivity contribution in [3.8, 4) is 0 Å². The van der Waals surface area contributed by atoms with E-state index in [-0.39, 0.29) is 176 Å². The minimum absolute atomic E-state index is 0.0323. The summed E-state index contributed by atoms with van der Waals surface area (Å²) in [5, 5.41) is 0. The summed E-state index contributed by atoms with van der Waals surface area (Å²) in [7, 11) is 1.36. The molecule has 0 atom stereocenters. The van der Waals surface area contributed by atoms with Crippen molar-refractivity contribution in [3.05, 3.63) is 12.2 Å². The van der Waals surface area contributed by atoms with E-state index in [1.165, 1.54) is 14.0 Å². The van der Waals surface area contributed by atoms with E-state index in [0.717, 1.165) is 25.7 Å². The fraction of sp³-hybridized carbons (Fsp3) is 0.794.